The molecule has 0 aliphatic heterocycles. The summed E-state index contributed by atoms with van der Waals surface area (Å²) in [6.45, 7) is 4.47. The highest BCUT2D eigenvalue weighted by Gasteiger charge is 2.23. The normalized spacial score (nSPS) is 11.8. The Morgan fingerprint density at radius 2 is 1.05 bits per heavy atom. The number of para-hydroxylation sites is 2. The summed E-state index contributed by atoms with van der Waals surface area (Å²) in [5, 5.41) is 7.21. The maximum absolute atomic E-state index is 6.53. The van der Waals surface area contributed by atoms with E-state index in [0.29, 0.717) is 0 Å². The van der Waals surface area contributed by atoms with E-state index >= 15 is 0 Å². The molecule has 0 atom stereocenters. The molecule has 1 aromatic heterocycles. The zero-order chi connectivity index (χ0) is 41.6. The molecule has 0 aliphatic rings. The Kier molecular flexibility index (Phi) is 9.32. The van der Waals surface area contributed by atoms with E-state index in [1.165, 1.54) is 71.6 Å². The molecule has 11 aromatic rings. The van der Waals surface area contributed by atoms with Gasteiger partial charge in [-0.1, -0.05) is 176 Å². The summed E-state index contributed by atoms with van der Waals surface area (Å²) in [5.74, 6) is 0. The highest BCUT2D eigenvalue weighted by atomic mass is 16.3. The van der Waals surface area contributed by atoms with Crippen molar-refractivity contribution in [2.45, 2.75) is 13.8 Å². The Balaban J connectivity index is 1.08. The number of furan rings is 1. The molecule has 0 N–H and O–H groups in total. The van der Waals surface area contributed by atoms with Crippen molar-refractivity contribution in [2.24, 2.45) is 0 Å². The number of aryl methyl sites for hydroxylation is 1. The number of anilines is 3. The molecule has 0 saturated carbocycles. The van der Waals surface area contributed by atoms with Gasteiger partial charge in [-0.25, -0.2) is 0 Å². The molecule has 2 heteroatoms. The number of hydrogen-bond donors (Lipinski definition) is 0. The van der Waals surface area contributed by atoms with Crippen molar-refractivity contribution in [2.75, 3.05) is 4.90 Å². The first-order chi connectivity index (χ1) is 30.6. The molecule has 0 aliphatic carbocycles. The van der Waals surface area contributed by atoms with Gasteiger partial charge in [-0.05, 0) is 129 Å². The summed E-state index contributed by atoms with van der Waals surface area (Å²) >= 11 is 0. The van der Waals surface area contributed by atoms with Crippen LogP contribution in [0.1, 0.15) is 23.6 Å². The minimum atomic E-state index is 0.898. The molecule has 294 valence electrons. The number of nitrogens with zero attached hydrogens (tertiary/aromatic N) is 1. The van der Waals surface area contributed by atoms with Crippen LogP contribution >= 0.6 is 0 Å². The lowest BCUT2D eigenvalue weighted by Gasteiger charge is -2.27. The Bertz CT molecular complexity index is 3450. The molecule has 0 radical (unpaired) electrons. The molecule has 0 fully saturated rings. The van der Waals surface area contributed by atoms with Gasteiger partial charge in [0.05, 0.1) is 5.69 Å². The molecular formula is C60H43NO. The quantitative estimate of drug-likeness (QED) is 0.113. The average molecular weight is 794 g/mol. The van der Waals surface area contributed by atoms with E-state index in [1.54, 1.807) is 0 Å². The van der Waals surface area contributed by atoms with Crippen molar-refractivity contribution in [3.63, 3.8) is 0 Å². The Morgan fingerprint density at radius 1 is 0.452 bits per heavy atom. The summed E-state index contributed by atoms with van der Waals surface area (Å²) in [6.07, 6.45) is 2.33. The van der Waals surface area contributed by atoms with Gasteiger partial charge in [0.25, 0.3) is 0 Å². The van der Waals surface area contributed by atoms with E-state index in [-0.39, 0.29) is 0 Å². The number of rotatable bonds is 8. The first kappa shape index (κ1) is 37.1. The molecule has 0 spiro atoms. The van der Waals surface area contributed by atoms with Gasteiger partial charge in [0, 0.05) is 33.1 Å². The van der Waals surface area contributed by atoms with Gasteiger partial charge < -0.3 is 9.32 Å². The van der Waals surface area contributed by atoms with Crippen LogP contribution in [0.15, 0.2) is 223 Å². The SMILES string of the molecule is C/C(=C/c1ccc(N(c2ccccc2)c2cc3ccccc3c3ccccc23)cc1)c1cc(-c2ccccc2)ccc1-c1c(C)cc2oc3ccccc3c2c1-c1ccccc1. The van der Waals surface area contributed by atoms with Crippen LogP contribution in [0.25, 0.3) is 88.5 Å². The van der Waals surface area contributed by atoms with Gasteiger partial charge in [-0.2, -0.15) is 0 Å². The lowest BCUT2D eigenvalue weighted by Crippen LogP contribution is -2.10. The zero-order valence-electron chi connectivity index (χ0n) is 34.7. The predicted molar refractivity (Wildman–Crippen MR) is 264 cm³/mol. The lowest BCUT2D eigenvalue weighted by atomic mass is 9.83. The topological polar surface area (TPSA) is 16.4 Å². The van der Waals surface area contributed by atoms with E-state index in [9.17, 15) is 0 Å². The fraction of sp³-hybridized carbons (Fsp3) is 0.0333. The second kappa shape index (κ2) is 15.6. The fourth-order valence-electron chi connectivity index (χ4n) is 9.43. The Hall–Kier alpha value is -7.94. The van der Waals surface area contributed by atoms with E-state index in [1.807, 2.05) is 6.07 Å². The van der Waals surface area contributed by atoms with Crippen molar-refractivity contribution in [1.29, 1.82) is 0 Å². The van der Waals surface area contributed by atoms with Gasteiger partial charge >= 0.3 is 0 Å². The van der Waals surface area contributed by atoms with E-state index in [2.05, 4.69) is 237 Å². The predicted octanol–water partition coefficient (Wildman–Crippen LogP) is 17.2. The highest BCUT2D eigenvalue weighted by molar-refractivity contribution is 6.17. The van der Waals surface area contributed by atoms with Crippen molar-refractivity contribution in [3.8, 4) is 33.4 Å². The van der Waals surface area contributed by atoms with Crippen molar-refractivity contribution in [1.82, 2.24) is 0 Å². The lowest BCUT2D eigenvalue weighted by molar-refractivity contribution is 0.668. The smallest absolute Gasteiger partial charge is 0.136 e. The molecule has 62 heavy (non-hydrogen) atoms. The summed E-state index contributed by atoms with van der Waals surface area (Å²) < 4.78 is 6.53. The van der Waals surface area contributed by atoms with Crippen LogP contribution < -0.4 is 4.90 Å². The third-order valence-electron chi connectivity index (χ3n) is 12.3. The minimum Gasteiger partial charge on any atom is -0.456 e. The molecule has 0 saturated heterocycles. The Labute approximate surface area is 362 Å². The van der Waals surface area contributed by atoms with Gasteiger partial charge in [0.1, 0.15) is 11.2 Å². The molecular weight excluding hydrogens is 751 g/mol. The van der Waals surface area contributed by atoms with Crippen LogP contribution in [0.4, 0.5) is 17.1 Å². The van der Waals surface area contributed by atoms with Gasteiger partial charge in [-0.15, -0.1) is 0 Å². The monoisotopic (exact) mass is 793 g/mol. The van der Waals surface area contributed by atoms with Crippen LogP contribution in [0.2, 0.25) is 0 Å². The average Bonchev–Trinajstić information content (AvgIpc) is 3.70. The molecule has 0 unspecified atom stereocenters. The first-order valence-electron chi connectivity index (χ1n) is 21.3. The van der Waals surface area contributed by atoms with Gasteiger partial charge in [-0.3, -0.25) is 0 Å². The largest absolute Gasteiger partial charge is 0.456 e. The number of hydrogen-bond acceptors (Lipinski definition) is 2. The van der Waals surface area contributed by atoms with E-state index < -0.39 is 0 Å². The van der Waals surface area contributed by atoms with Crippen LogP contribution in [-0.2, 0) is 0 Å². The molecule has 0 amide bonds. The van der Waals surface area contributed by atoms with Crippen LogP contribution in [0, 0.1) is 6.92 Å². The van der Waals surface area contributed by atoms with E-state index in [0.717, 1.165) is 44.6 Å². The second-order valence-corrected chi connectivity index (χ2v) is 16.2. The van der Waals surface area contributed by atoms with Crippen LogP contribution in [0.3, 0.4) is 0 Å². The molecule has 0 bridgehead atoms. The highest BCUT2D eigenvalue weighted by Crippen LogP contribution is 2.47. The van der Waals surface area contributed by atoms with Crippen molar-refractivity contribution >= 4 is 72.2 Å². The maximum Gasteiger partial charge on any atom is 0.136 e. The fourth-order valence-corrected chi connectivity index (χ4v) is 9.43. The van der Waals surface area contributed by atoms with E-state index in [4.69, 9.17) is 4.42 Å². The molecule has 10 aromatic carbocycles. The summed E-state index contributed by atoms with van der Waals surface area (Å²) in [6, 6.07) is 78.6. The minimum absolute atomic E-state index is 0.898. The first-order valence-corrected chi connectivity index (χ1v) is 21.3. The Morgan fingerprint density at radius 3 is 1.79 bits per heavy atom. The number of fused-ring (bicyclic) bond motifs is 6. The van der Waals surface area contributed by atoms with Gasteiger partial charge in [0.2, 0.25) is 0 Å². The second-order valence-electron chi connectivity index (χ2n) is 16.2. The molecule has 11 rings (SSSR count). The molecule has 1 heterocycles. The summed E-state index contributed by atoms with van der Waals surface area (Å²) in [7, 11) is 0. The maximum atomic E-state index is 6.53. The third-order valence-corrected chi connectivity index (χ3v) is 12.3. The molecule has 2 nitrogen and oxygen atoms in total. The van der Waals surface area contributed by atoms with Gasteiger partial charge in [0.15, 0.2) is 0 Å². The number of allylic oxidation sites excluding steroid dienone is 1. The summed E-state index contributed by atoms with van der Waals surface area (Å²) in [5.41, 5.74) is 17.0. The van der Waals surface area contributed by atoms with Crippen LogP contribution in [0.5, 0.6) is 0 Å². The van der Waals surface area contributed by atoms with Crippen molar-refractivity contribution < 1.29 is 4.42 Å². The number of benzene rings is 10. The summed E-state index contributed by atoms with van der Waals surface area (Å²) in [4.78, 5) is 2.39. The van der Waals surface area contributed by atoms with Crippen LogP contribution in [-0.4, -0.2) is 0 Å². The standard InChI is InChI=1S/C60H43NO/c1-40(36-42-30-33-48(34-31-42)61(47-23-10-5-11-24-47)55-39-46-22-12-13-25-49(46)50-26-14-15-27-51(50)55)54-38-45(43-18-6-3-7-19-43)32-35-52(54)58-41(2)37-57-60(53-28-16-17-29-56(53)62-57)59(58)44-20-8-4-9-21-44/h3-39H,1-2H3/b40-36-. The third kappa shape index (κ3) is 6.54. The zero-order valence-corrected chi connectivity index (χ0v) is 34.7. The van der Waals surface area contributed by atoms with Crippen molar-refractivity contribution in [3.05, 3.63) is 235 Å².